The number of rotatable bonds is 4. The molecular weight excluding hydrogens is 240 g/mol. The van der Waals surface area contributed by atoms with Crippen molar-refractivity contribution < 1.29 is 4.43 Å². The molecule has 96 valence electrons. The minimum atomic E-state index is -0.419. The Bertz CT molecular complexity index is 444. The van der Waals surface area contributed by atoms with E-state index in [1.807, 2.05) is 32.0 Å². The smallest absolute Gasteiger partial charge is 0.237 e. The zero-order chi connectivity index (χ0) is 13.8. The Kier molecular flexibility index (Phi) is 4.66. The molecule has 0 atom stereocenters. The highest BCUT2D eigenvalue weighted by atomic mass is 28.2. The first kappa shape index (κ1) is 14.9. The van der Waals surface area contributed by atoms with Crippen molar-refractivity contribution in [3.63, 3.8) is 0 Å². The van der Waals surface area contributed by atoms with E-state index in [0.717, 1.165) is 11.4 Å². The van der Waals surface area contributed by atoms with Crippen LogP contribution in [0.1, 0.15) is 46.0 Å². The van der Waals surface area contributed by atoms with Gasteiger partial charge in [-0.1, -0.05) is 26.8 Å². The van der Waals surface area contributed by atoms with Crippen molar-refractivity contribution in [2.24, 2.45) is 0 Å². The molecule has 18 heavy (non-hydrogen) atoms. The van der Waals surface area contributed by atoms with Crippen LogP contribution in [-0.2, 0) is 16.4 Å². The van der Waals surface area contributed by atoms with E-state index in [1.165, 1.54) is 0 Å². The van der Waals surface area contributed by atoms with Crippen molar-refractivity contribution in [3.8, 4) is 6.07 Å². The van der Waals surface area contributed by atoms with E-state index in [0.29, 0.717) is 16.2 Å². The van der Waals surface area contributed by atoms with Crippen molar-refractivity contribution in [2.75, 3.05) is 0 Å². The molecule has 0 saturated carbocycles. The largest absolute Gasteiger partial charge is 0.406 e. The first-order chi connectivity index (χ1) is 8.24. The first-order valence-corrected chi connectivity index (χ1v) is 6.94. The first-order valence-electron chi connectivity index (χ1n) is 6.03. The fourth-order valence-corrected chi connectivity index (χ4v) is 1.99. The molecule has 0 bridgehead atoms. The SMILES string of the molecule is CC(C)(C)[Si]OC(C)(C)c1cccc(CC#N)n1. The van der Waals surface area contributed by atoms with Crippen molar-refractivity contribution in [1.82, 2.24) is 4.98 Å². The molecule has 2 radical (unpaired) electrons. The fourth-order valence-electron chi connectivity index (χ4n) is 1.33. The quantitative estimate of drug-likeness (QED) is 0.781. The molecule has 0 aliphatic carbocycles. The van der Waals surface area contributed by atoms with Gasteiger partial charge in [0, 0.05) is 0 Å². The number of hydrogen-bond donors (Lipinski definition) is 0. The standard InChI is InChI=1S/C14H20N2OSi/c1-13(2,3)18-17-14(4,5)12-8-6-7-11(16-12)9-10-15/h6-8H,9H2,1-5H3. The van der Waals surface area contributed by atoms with Crippen molar-refractivity contribution in [3.05, 3.63) is 29.6 Å². The summed E-state index contributed by atoms with van der Waals surface area (Å²) in [6.07, 6.45) is 0.339. The minimum Gasteiger partial charge on any atom is -0.406 e. The van der Waals surface area contributed by atoms with Gasteiger partial charge < -0.3 is 4.43 Å². The van der Waals surface area contributed by atoms with Crippen LogP contribution in [0.4, 0.5) is 0 Å². The molecule has 1 aromatic rings. The Morgan fingerprint density at radius 2 is 1.94 bits per heavy atom. The number of nitriles is 1. The Morgan fingerprint density at radius 1 is 1.28 bits per heavy atom. The topological polar surface area (TPSA) is 45.9 Å². The number of nitrogens with zero attached hydrogens (tertiary/aromatic N) is 2. The second-order valence-electron chi connectivity index (χ2n) is 5.81. The van der Waals surface area contributed by atoms with Gasteiger partial charge in [0.15, 0.2) is 0 Å². The van der Waals surface area contributed by atoms with Gasteiger partial charge in [-0.05, 0) is 31.0 Å². The average molecular weight is 260 g/mol. The molecule has 0 saturated heterocycles. The monoisotopic (exact) mass is 260 g/mol. The van der Waals surface area contributed by atoms with Gasteiger partial charge in [-0.25, -0.2) is 0 Å². The molecule has 4 heteroatoms. The van der Waals surface area contributed by atoms with Crippen molar-refractivity contribution in [2.45, 2.75) is 51.7 Å². The summed E-state index contributed by atoms with van der Waals surface area (Å²) in [6, 6.07) is 7.87. The second kappa shape index (κ2) is 5.64. The highest BCUT2D eigenvalue weighted by molar-refractivity contribution is 6.31. The summed E-state index contributed by atoms with van der Waals surface area (Å²) < 4.78 is 6.00. The van der Waals surface area contributed by atoms with Gasteiger partial charge in [-0.15, -0.1) is 0 Å². The zero-order valence-electron chi connectivity index (χ0n) is 11.7. The van der Waals surface area contributed by atoms with Crippen molar-refractivity contribution in [1.29, 1.82) is 5.26 Å². The minimum absolute atomic E-state index is 0.154. The van der Waals surface area contributed by atoms with E-state index in [-0.39, 0.29) is 5.04 Å². The highest BCUT2D eigenvalue weighted by Crippen LogP contribution is 2.28. The predicted molar refractivity (Wildman–Crippen MR) is 73.1 cm³/mol. The molecule has 0 aliphatic heterocycles. The third kappa shape index (κ3) is 4.59. The van der Waals surface area contributed by atoms with E-state index in [4.69, 9.17) is 9.69 Å². The summed E-state index contributed by atoms with van der Waals surface area (Å²) in [5, 5.41) is 8.86. The molecule has 0 N–H and O–H groups in total. The Balaban J connectivity index is 2.84. The number of hydrogen-bond acceptors (Lipinski definition) is 3. The maximum Gasteiger partial charge on any atom is 0.237 e. The molecule has 1 heterocycles. The molecule has 0 unspecified atom stereocenters. The number of aromatic nitrogens is 1. The van der Waals surface area contributed by atoms with E-state index >= 15 is 0 Å². The van der Waals surface area contributed by atoms with Crippen LogP contribution < -0.4 is 0 Å². The summed E-state index contributed by atoms with van der Waals surface area (Å²) in [5.41, 5.74) is 1.26. The third-order valence-electron chi connectivity index (χ3n) is 2.30. The molecule has 0 amide bonds. The molecule has 0 fully saturated rings. The van der Waals surface area contributed by atoms with Crippen LogP contribution in [0, 0.1) is 11.3 Å². The van der Waals surface area contributed by atoms with Gasteiger partial charge >= 0.3 is 0 Å². The van der Waals surface area contributed by atoms with Crippen LogP contribution in [0.5, 0.6) is 0 Å². The average Bonchev–Trinajstić information content (AvgIpc) is 2.27. The maximum atomic E-state index is 8.70. The normalized spacial score (nSPS) is 12.2. The highest BCUT2D eigenvalue weighted by Gasteiger charge is 2.26. The summed E-state index contributed by atoms with van der Waals surface area (Å²) in [6.45, 7) is 10.5. The van der Waals surface area contributed by atoms with Crippen LogP contribution in [-0.4, -0.2) is 14.7 Å². The fraction of sp³-hybridized carbons (Fsp3) is 0.571. The Hall–Kier alpha value is -1.18. The van der Waals surface area contributed by atoms with E-state index in [1.54, 1.807) is 0 Å². The van der Waals surface area contributed by atoms with Gasteiger partial charge in [0.05, 0.1) is 29.5 Å². The lowest BCUT2D eigenvalue weighted by Gasteiger charge is -2.28. The van der Waals surface area contributed by atoms with Gasteiger partial charge in [0.2, 0.25) is 9.76 Å². The van der Waals surface area contributed by atoms with Crippen LogP contribution in [0.2, 0.25) is 5.04 Å². The van der Waals surface area contributed by atoms with Crippen LogP contribution in [0.25, 0.3) is 0 Å². The summed E-state index contributed by atoms with van der Waals surface area (Å²) >= 11 is 0. The van der Waals surface area contributed by atoms with Gasteiger partial charge in [0.25, 0.3) is 0 Å². The molecule has 3 nitrogen and oxygen atoms in total. The lowest BCUT2D eigenvalue weighted by Crippen LogP contribution is -2.28. The van der Waals surface area contributed by atoms with E-state index in [9.17, 15) is 0 Å². The van der Waals surface area contributed by atoms with E-state index in [2.05, 4.69) is 31.8 Å². The molecule has 0 aromatic carbocycles. The van der Waals surface area contributed by atoms with Crippen molar-refractivity contribution >= 4 is 9.76 Å². The molecule has 0 spiro atoms. The number of pyridine rings is 1. The lowest BCUT2D eigenvalue weighted by molar-refractivity contribution is 0.104. The van der Waals surface area contributed by atoms with E-state index < -0.39 is 5.60 Å². The Labute approximate surface area is 112 Å². The summed E-state index contributed by atoms with van der Waals surface area (Å²) in [4.78, 5) is 4.49. The molecular formula is C14H20N2OSi. The Morgan fingerprint density at radius 3 is 2.50 bits per heavy atom. The lowest BCUT2D eigenvalue weighted by atomic mass is 10.0. The van der Waals surface area contributed by atoms with Crippen LogP contribution >= 0.6 is 0 Å². The molecule has 1 rings (SSSR count). The van der Waals surface area contributed by atoms with Gasteiger partial charge in [-0.3, -0.25) is 4.98 Å². The second-order valence-corrected chi connectivity index (χ2v) is 7.72. The van der Waals surface area contributed by atoms with Crippen LogP contribution in [0.15, 0.2) is 18.2 Å². The summed E-state index contributed by atoms with van der Waals surface area (Å²) in [5.74, 6) is 0. The zero-order valence-corrected chi connectivity index (χ0v) is 12.7. The predicted octanol–water partition coefficient (Wildman–Crippen LogP) is 3.24. The van der Waals surface area contributed by atoms with Gasteiger partial charge in [0.1, 0.15) is 0 Å². The van der Waals surface area contributed by atoms with Gasteiger partial charge in [-0.2, -0.15) is 5.26 Å². The van der Waals surface area contributed by atoms with Crippen LogP contribution in [0.3, 0.4) is 0 Å². The molecule has 1 aromatic heterocycles. The maximum absolute atomic E-state index is 8.70. The molecule has 0 aliphatic rings. The summed E-state index contributed by atoms with van der Waals surface area (Å²) in [7, 11) is 0.411. The third-order valence-corrected chi connectivity index (χ3v) is 3.52.